The van der Waals surface area contributed by atoms with E-state index in [4.69, 9.17) is 16.3 Å². The fourth-order valence-electron chi connectivity index (χ4n) is 3.77. The molecule has 0 spiro atoms. The highest BCUT2D eigenvalue weighted by Crippen LogP contribution is 2.30. The van der Waals surface area contributed by atoms with Gasteiger partial charge in [0.2, 0.25) is 0 Å². The summed E-state index contributed by atoms with van der Waals surface area (Å²) in [4.78, 5) is 30.9. The van der Waals surface area contributed by atoms with Crippen LogP contribution in [0, 0.1) is 0 Å². The predicted molar refractivity (Wildman–Crippen MR) is 134 cm³/mol. The summed E-state index contributed by atoms with van der Waals surface area (Å²) in [5.74, 6) is -0.538. The second kappa shape index (κ2) is 10.2. The Morgan fingerprint density at radius 2 is 1.68 bits per heavy atom. The molecule has 0 radical (unpaired) electrons. The van der Waals surface area contributed by atoms with Crippen molar-refractivity contribution in [1.82, 2.24) is 18.7 Å². The summed E-state index contributed by atoms with van der Waals surface area (Å²) in [5, 5.41) is 10.6. The molecule has 202 valence electrons. The maximum Gasteiger partial charge on any atom is 0.573 e. The molecular formula is C25H24ClF3N4O5. The zero-order chi connectivity index (χ0) is 27.8. The van der Waals surface area contributed by atoms with Crippen molar-refractivity contribution in [1.29, 1.82) is 0 Å². The molecule has 1 N–H and O–H groups in total. The molecule has 0 aliphatic carbocycles. The van der Waals surface area contributed by atoms with Crippen LogP contribution in [0.25, 0.3) is 11.2 Å². The van der Waals surface area contributed by atoms with E-state index in [-0.39, 0.29) is 42.4 Å². The molecule has 0 amide bonds. The number of imidazole rings is 1. The number of rotatable bonds is 8. The molecule has 0 aliphatic heterocycles. The smallest absolute Gasteiger partial charge is 0.425 e. The summed E-state index contributed by atoms with van der Waals surface area (Å²) in [6, 6.07) is 11.5. The molecule has 0 bridgehead atoms. The number of halogens is 4. The van der Waals surface area contributed by atoms with Gasteiger partial charge in [-0.05, 0) is 50.1 Å². The van der Waals surface area contributed by atoms with Crippen molar-refractivity contribution in [3.8, 4) is 17.5 Å². The lowest BCUT2D eigenvalue weighted by molar-refractivity contribution is -0.274. The molecule has 4 aromatic rings. The van der Waals surface area contributed by atoms with Gasteiger partial charge in [0.1, 0.15) is 11.5 Å². The topological polar surface area (TPSA) is 101 Å². The van der Waals surface area contributed by atoms with E-state index in [1.165, 1.54) is 28.3 Å². The van der Waals surface area contributed by atoms with Crippen LogP contribution in [-0.4, -0.2) is 35.8 Å². The van der Waals surface area contributed by atoms with Crippen molar-refractivity contribution < 1.29 is 27.8 Å². The summed E-state index contributed by atoms with van der Waals surface area (Å²) in [6.45, 7) is 3.15. The van der Waals surface area contributed by atoms with Crippen LogP contribution < -0.4 is 20.7 Å². The third kappa shape index (κ3) is 6.20. The first-order chi connectivity index (χ1) is 17.7. The number of aryl methyl sites for hydroxylation is 1. The molecule has 0 aliphatic rings. The van der Waals surface area contributed by atoms with Crippen LogP contribution in [-0.2, 0) is 20.1 Å². The van der Waals surface area contributed by atoms with E-state index < -0.39 is 29.0 Å². The molecule has 0 atom stereocenters. The maximum absolute atomic E-state index is 13.5. The van der Waals surface area contributed by atoms with Crippen molar-refractivity contribution >= 4 is 22.8 Å². The average molecular weight is 553 g/mol. The highest BCUT2D eigenvalue weighted by atomic mass is 35.5. The molecule has 2 heterocycles. The molecule has 4 rings (SSSR count). The van der Waals surface area contributed by atoms with Crippen LogP contribution in [0.5, 0.6) is 17.5 Å². The normalized spacial score (nSPS) is 12.2. The Labute approximate surface area is 219 Å². The highest BCUT2D eigenvalue weighted by Gasteiger charge is 2.31. The minimum absolute atomic E-state index is 0.0196. The lowest BCUT2D eigenvalue weighted by atomic mass is 10.1. The van der Waals surface area contributed by atoms with Gasteiger partial charge in [0.05, 0.1) is 12.1 Å². The molecule has 2 aromatic heterocycles. The highest BCUT2D eigenvalue weighted by molar-refractivity contribution is 6.30. The Hall–Kier alpha value is -3.77. The van der Waals surface area contributed by atoms with Crippen molar-refractivity contribution in [2.24, 2.45) is 7.05 Å². The Morgan fingerprint density at radius 1 is 1.03 bits per heavy atom. The van der Waals surface area contributed by atoms with Crippen LogP contribution >= 0.6 is 11.6 Å². The van der Waals surface area contributed by atoms with Crippen LogP contribution in [0.3, 0.4) is 0 Å². The molecule has 9 nitrogen and oxygen atoms in total. The van der Waals surface area contributed by atoms with Gasteiger partial charge in [0.15, 0.2) is 11.2 Å². The fourth-order valence-corrected chi connectivity index (χ4v) is 3.90. The monoisotopic (exact) mass is 552 g/mol. The van der Waals surface area contributed by atoms with E-state index in [1.807, 2.05) is 0 Å². The third-order valence-electron chi connectivity index (χ3n) is 5.65. The first-order valence-electron chi connectivity index (χ1n) is 11.4. The van der Waals surface area contributed by atoms with E-state index in [0.717, 1.165) is 16.7 Å². The number of ether oxygens (including phenoxy) is 2. The first kappa shape index (κ1) is 27.3. The molecule has 2 aromatic carbocycles. The van der Waals surface area contributed by atoms with Gasteiger partial charge in [-0.15, -0.1) is 13.2 Å². The Morgan fingerprint density at radius 3 is 2.32 bits per heavy atom. The van der Waals surface area contributed by atoms with Crippen LogP contribution in [0.2, 0.25) is 5.02 Å². The van der Waals surface area contributed by atoms with Gasteiger partial charge in [-0.3, -0.25) is 18.5 Å². The van der Waals surface area contributed by atoms with E-state index in [0.29, 0.717) is 10.6 Å². The molecule has 0 fully saturated rings. The number of fused-ring (bicyclic) bond motifs is 1. The zero-order valence-corrected chi connectivity index (χ0v) is 21.4. The van der Waals surface area contributed by atoms with Gasteiger partial charge < -0.3 is 14.6 Å². The standard InChI is InChI=1S/C25H24ClF3N4O5/c1-24(2,36)11-12-32-21(34)19-20(31(3)23(32)35)30-22(33(19)14-15-7-9-16(26)10-8-15)37-17-5-4-6-18(13-17)38-25(27,28)29/h4-10,13,36H,11-12,14H2,1-3H3. The van der Waals surface area contributed by atoms with Crippen LogP contribution in [0.4, 0.5) is 13.2 Å². The van der Waals surface area contributed by atoms with Crippen molar-refractivity contribution in [3.63, 3.8) is 0 Å². The van der Waals surface area contributed by atoms with E-state index in [2.05, 4.69) is 9.72 Å². The lowest BCUT2D eigenvalue weighted by Gasteiger charge is -2.17. The molecule has 0 unspecified atom stereocenters. The summed E-state index contributed by atoms with van der Waals surface area (Å²) in [6.07, 6.45) is -4.76. The number of alkyl halides is 3. The summed E-state index contributed by atoms with van der Waals surface area (Å²) >= 11 is 6.00. The molecule has 13 heteroatoms. The van der Waals surface area contributed by atoms with Crippen molar-refractivity contribution in [3.05, 3.63) is 80.0 Å². The Balaban J connectivity index is 1.87. The number of benzene rings is 2. The predicted octanol–water partition coefficient (Wildman–Crippen LogP) is 4.45. The van der Waals surface area contributed by atoms with Crippen molar-refractivity contribution in [2.45, 2.75) is 45.3 Å². The zero-order valence-electron chi connectivity index (χ0n) is 20.6. The quantitative estimate of drug-likeness (QED) is 0.347. The fraction of sp³-hybridized carbons (Fsp3) is 0.320. The van der Waals surface area contributed by atoms with Crippen LogP contribution in [0.1, 0.15) is 25.8 Å². The minimum Gasteiger partial charge on any atom is -0.425 e. The summed E-state index contributed by atoms with van der Waals surface area (Å²) < 4.78 is 51.5. The van der Waals surface area contributed by atoms with Gasteiger partial charge in [-0.2, -0.15) is 4.98 Å². The second-order valence-electron chi connectivity index (χ2n) is 9.26. The molecule has 0 saturated heterocycles. The van der Waals surface area contributed by atoms with Gasteiger partial charge in [-0.1, -0.05) is 29.8 Å². The van der Waals surface area contributed by atoms with Gasteiger partial charge in [-0.25, -0.2) is 4.79 Å². The average Bonchev–Trinajstić information content (AvgIpc) is 3.15. The number of hydrogen-bond acceptors (Lipinski definition) is 6. The van der Waals surface area contributed by atoms with Gasteiger partial charge in [0.25, 0.3) is 5.56 Å². The summed E-state index contributed by atoms with van der Waals surface area (Å²) in [5.41, 5.74) is -1.65. The van der Waals surface area contributed by atoms with Gasteiger partial charge >= 0.3 is 18.1 Å². The second-order valence-corrected chi connectivity index (χ2v) is 9.70. The van der Waals surface area contributed by atoms with E-state index in [1.54, 1.807) is 38.1 Å². The van der Waals surface area contributed by atoms with E-state index >= 15 is 0 Å². The number of aliphatic hydroxyl groups is 1. The molecular weight excluding hydrogens is 529 g/mol. The number of nitrogens with zero attached hydrogens (tertiary/aromatic N) is 4. The third-order valence-corrected chi connectivity index (χ3v) is 5.90. The molecule has 0 saturated carbocycles. The van der Waals surface area contributed by atoms with Gasteiger partial charge in [0, 0.05) is 24.7 Å². The lowest BCUT2D eigenvalue weighted by Crippen LogP contribution is -2.41. The minimum atomic E-state index is -4.90. The SMILES string of the molecule is Cn1c(=O)n(CCC(C)(C)O)c(=O)c2c1nc(Oc1cccc(OC(F)(F)F)c1)n2Cc1ccc(Cl)cc1. The maximum atomic E-state index is 13.5. The number of hydrogen-bond donors (Lipinski definition) is 1. The molecule has 38 heavy (non-hydrogen) atoms. The van der Waals surface area contributed by atoms with Crippen LogP contribution in [0.15, 0.2) is 58.1 Å². The van der Waals surface area contributed by atoms with Crippen molar-refractivity contribution in [2.75, 3.05) is 0 Å². The van der Waals surface area contributed by atoms with E-state index in [9.17, 15) is 27.9 Å². The Bertz CT molecular complexity index is 1580. The number of aromatic nitrogens is 4. The Kier molecular flexibility index (Phi) is 7.31. The largest absolute Gasteiger partial charge is 0.573 e. The summed E-state index contributed by atoms with van der Waals surface area (Å²) in [7, 11) is 1.44. The first-order valence-corrected chi connectivity index (χ1v) is 11.8.